The molecule has 0 spiro atoms. The fourth-order valence-electron chi connectivity index (χ4n) is 4.31. The molecule has 174 valence electrons. The van der Waals surface area contributed by atoms with Crippen LogP contribution in [0.1, 0.15) is 44.1 Å². The first-order valence-electron chi connectivity index (χ1n) is 10.9. The summed E-state index contributed by atoms with van der Waals surface area (Å²) in [5, 5.41) is 2.77. The van der Waals surface area contributed by atoms with E-state index < -0.39 is 32.8 Å². The van der Waals surface area contributed by atoms with Crippen molar-refractivity contribution in [2.24, 2.45) is 5.92 Å². The highest BCUT2D eigenvalue weighted by Crippen LogP contribution is 2.36. The highest BCUT2D eigenvalue weighted by Gasteiger charge is 2.49. The van der Waals surface area contributed by atoms with Crippen LogP contribution >= 0.6 is 0 Å². The molecule has 4 aliphatic rings. The summed E-state index contributed by atoms with van der Waals surface area (Å²) in [5.41, 5.74) is 0.680. The van der Waals surface area contributed by atoms with Gasteiger partial charge in [-0.2, -0.15) is 9.37 Å². The minimum Gasteiger partial charge on any atom is -0.357 e. The zero-order valence-corrected chi connectivity index (χ0v) is 19.2. The van der Waals surface area contributed by atoms with E-state index in [9.17, 15) is 22.8 Å². The molecule has 3 amide bonds. The lowest BCUT2D eigenvalue weighted by Crippen LogP contribution is -2.53. The number of amides is 3. The average Bonchev–Trinajstić information content (AvgIpc) is 3.30. The fraction of sp³-hybridized carbons (Fsp3) is 0.500. The molecule has 1 aliphatic heterocycles. The number of hydrogen-bond acceptors (Lipinski definition) is 7. The Bertz CT molecular complexity index is 1260. The Balaban J connectivity index is 1.50. The van der Waals surface area contributed by atoms with Crippen molar-refractivity contribution < 1.29 is 31.9 Å². The molecule has 2 heterocycles. The van der Waals surface area contributed by atoms with E-state index in [0.717, 1.165) is 17.7 Å². The molecule has 0 radical (unpaired) electrons. The monoisotopic (exact) mass is 473 g/mol. The van der Waals surface area contributed by atoms with E-state index in [1.807, 2.05) is 6.92 Å². The highest BCUT2D eigenvalue weighted by atomic mass is 32.2. The number of aromatic nitrogens is 1. The number of nitrogens with one attached hydrogen (secondary N) is 1. The lowest BCUT2D eigenvalue weighted by molar-refractivity contribution is -0.446. The van der Waals surface area contributed by atoms with Crippen LogP contribution in [0.15, 0.2) is 34.4 Å². The first-order chi connectivity index (χ1) is 15.5. The van der Waals surface area contributed by atoms with Gasteiger partial charge in [0.1, 0.15) is 22.3 Å². The van der Waals surface area contributed by atoms with Gasteiger partial charge in [-0.25, -0.2) is 17.9 Å². The maximum atomic E-state index is 13.3. The predicted molar refractivity (Wildman–Crippen MR) is 116 cm³/mol. The van der Waals surface area contributed by atoms with E-state index in [2.05, 4.69) is 9.88 Å². The van der Waals surface area contributed by atoms with Crippen LogP contribution in [0.3, 0.4) is 0 Å². The number of hydrogen-bond donors (Lipinski definition) is 1. The number of urea groups is 1. The summed E-state index contributed by atoms with van der Waals surface area (Å²) in [5.74, 6) is -0.104. The van der Waals surface area contributed by atoms with Crippen molar-refractivity contribution in [2.45, 2.75) is 56.9 Å². The van der Waals surface area contributed by atoms with Gasteiger partial charge in [-0.3, -0.25) is 4.79 Å². The molecule has 0 bridgehead atoms. The molecule has 1 atom stereocenters. The van der Waals surface area contributed by atoms with Gasteiger partial charge >= 0.3 is 11.9 Å². The van der Waals surface area contributed by atoms with Crippen molar-refractivity contribution >= 4 is 33.5 Å². The molecular formula is C22H25N4O6S+. The van der Waals surface area contributed by atoms with E-state index in [0.29, 0.717) is 30.0 Å². The fourth-order valence-corrected chi connectivity index (χ4v) is 5.93. The van der Waals surface area contributed by atoms with Gasteiger partial charge in [0.15, 0.2) is 12.3 Å². The van der Waals surface area contributed by atoms with Crippen molar-refractivity contribution in [1.82, 2.24) is 14.8 Å². The smallest absolute Gasteiger partial charge is 0.357 e. The molecule has 0 aromatic carbocycles. The molecule has 0 saturated heterocycles. The van der Waals surface area contributed by atoms with Crippen molar-refractivity contribution in [3.8, 4) is 0 Å². The number of rotatable bonds is 7. The van der Waals surface area contributed by atoms with Gasteiger partial charge in [0.25, 0.3) is 0 Å². The number of imide groups is 1. The molecule has 1 unspecified atom stereocenters. The number of sulfonamides is 1. The Hall–Kier alpha value is -2.92. The van der Waals surface area contributed by atoms with E-state index in [1.165, 1.54) is 22.8 Å². The third-order valence-corrected chi connectivity index (χ3v) is 8.28. The molecule has 1 aromatic rings. The standard InChI is InChI=1S/C22H25N4O6S/c1-13-7-16(32-23-13)12-26-20(28)18-10-17(33(30,31)24-22(2)5-6-22)3-4-19(18)25(21(26)29)11-14-8-15(27)9-14/h3-4,7,10,14,17,24H,5-6,8-9,11-12H2,1-2H3/q+1. The number of Topliss-reactive ketones (excluding diaryl/α,β-unsaturated/α-hetero) is 1. The van der Waals surface area contributed by atoms with Crippen LogP contribution in [0.5, 0.6) is 0 Å². The summed E-state index contributed by atoms with van der Waals surface area (Å²) in [4.78, 5) is 39.1. The Morgan fingerprint density at radius 2 is 2.00 bits per heavy atom. The maximum Gasteiger partial charge on any atom is 0.501 e. The molecule has 10 nitrogen and oxygen atoms in total. The highest BCUT2D eigenvalue weighted by molar-refractivity contribution is 7.90. The van der Waals surface area contributed by atoms with Gasteiger partial charge in [0.2, 0.25) is 10.0 Å². The maximum absolute atomic E-state index is 13.3. The van der Waals surface area contributed by atoms with E-state index in [1.54, 1.807) is 13.0 Å². The topological polar surface area (TPSA) is 130 Å². The summed E-state index contributed by atoms with van der Waals surface area (Å²) in [6, 6.07) is 1.10. The molecule has 3 aliphatic carbocycles. The Morgan fingerprint density at radius 3 is 2.61 bits per heavy atom. The summed E-state index contributed by atoms with van der Waals surface area (Å²) in [6.07, 6.45) is 6.71. The van der Waals surface area contributed by atoms with Gasteiger partial charge in [0, 0.05) is 30.4 Å². The number of carbonyl (C=O) groups excluding carboxylic acids is 3. The quantitative estimate of drug-likeness (QED) is 0.589. The third-order valence-electron chi connectivity index (χ3n) is 6.49. The van der Waals surface area contributed by atoms with Crippen LogP contribution in [0.25, 0.3) is 0 Å². The van der Waals surface area contributed by atoms with Crippen molar-refractivity contribution in [3.05, 3.63) is 41.3 Å². The summed E-state index contributed by atoms with van der Waals surface area (Å²) < 4.78 is 35.2. The number of ketones is 1. The largest absolute Gasteiger partial charge is 0.501 e. The number of aryl methyl sites for hydroxylation is 1. The minimum atomic E-state index is -3.75. The van der Waals surface area contributed by atoms with Crippen LogP contribution in [0.4, 0.5) is 4.79 Å². The van der Waals surface area contributed by atoms with Crippen LogP contribution in [-0.4, -0.2) is 63.8 Å². The Labute approximate surface area is 191 Å². The second-order valence-electron chi connectivity index (χ2n) is 9.53. The normalized spacial score (nSPS) is 24.7. The second-order valence-corrected chi connectivity index (χ2v) is 11.4. The Morgan fingerprint density at radius 1 is 1.27 bits per heavy atom. The number of allylic oxidation sites excluding steroid dienone is 1. The van der Waals surface area contributed by atoms with Crippen molar-refractivity contribution in [1.29, 1.82) is 0 Å². The summed E-state index contributed by atoms with van der Waals surface area (Å²) in [6.45, 7) is 3.72. The van der Waals surface area contributed by atoms with E-state index in [-0.39, 0.29) is 30.4 Å². The second kappa shape index (κ2) is 7.56. The van der Waals surface area contributed by atoms with Crippen LogP contribution in [0, 0.1) is 12.8 Å². The molecular weight excluding hydrogens is 448 g/mol. The first-order valence-corrected chi connectivity index (χ1v) is 12.5. The van der Waals surface area contributed by atoms with Crippen LogP contribution < -0.4 is 4.72 Å². The minimum absolute atomic E-state index is 0.00381. The molecule has 11 heteroatoms. The van der Waals surface area contributed by atoms with Gasteiger partial charge in [-0.15, -0.1) is 4.90 Å². The van der Waals surface area contributed by atoms with Crippen molar-refractivity contribution in [2.75, 3.05) is 6.54 Å². The van der Waals surface area contributed by atoms with Gasteiger partial charge in [-0.1, -0.05) is 11.2 Å². The zero-order valence-electron chi connectivity index (χ0n) is 18.4. The molecule has 1 N–H and O–H groups in total. The Kier molecular flexibility index (Phi) is 5.02. The van der Waals surface area contributed by atoms with Gasteiger partial charge in [-0.05, 0) is 38.8 Å². The van der Waals surface area contributed by atoms with E-state index in [4.69, 9.17) is 4.52 Å². The number of fused-ring (bicyclic) bond motifs is 1. The summed E-state index contributed by atoms with van der Waals surface area (Å²) in [7, 11) is -3.75. The summed E-state index contributed by atoms with van der Waals surface area (Å²) >= 11 is 0. The SMILES string of the molecule is Cc1cc(CN2C(=O)C3=CC(S(=O)(=O)NC4(C)CC4)C=CC3=[N+](CC3CC(=O)C3)C2=O)on1. The third kappa shape index (κ3) is 4.10. The van der Waals surface area contributed by atoms with Crippen LogP contribution in [0.2, 0.25) is 0 Å². The number of nitrogens with zero attached hydrogens (tertiary/aromatic N) is 3. The molecule has 2 saturated carbocycles. The van der Waals surface area contributed by atoms with Gasteiger partial charge < -0.3 is 4.52 Å². The molecule has 1 aromatic heterocycles. The van der Waals surface area contributed by atoms with Crippen molar-refractivity contribution in [3.63, 3.8) is 0 Å². The van der Waals surface area contributed by atoms with Crippen LogP contribution in [-0.2, 0) is 26.2 Å². The predicted octanol–water partition coefficient (Wildman–Crippen LogP) is 1.21. The van der Waals surface area contributed by atoms with E-state index >= 15 is 0 Å². The first kappa shape index (κ1) is 21.9. The lowest BCUT2D eigenvalue weighted by atomic mass is 9.83. The molecule has 33 heavy (non-hydrogen) atoms. The zero-order chi connectivity index (χ0) is 23.5. The molecule has 5 rings (SSSR count). The molecule has 2 fully saturated rings. The lowest BCUT2D eigenvalue weighted by Gasteiger charge is -2.29. The average molecular weight is 474 g/mol. The van der Waals surface area contributed by atoms with Gasteiger partial charge in [0.05, 0.1) is 12.2 Å². The number of carbonyl (C=O) groups is 3.